The molecule has 2 aromatic heterocycles. The zero-order valence-corrected chi connectivity index (χ0v) is 18.3. The molecule has 0 bridgehead atoms. The van der Waals surface area contributed by atoms with E-state index in [0.717, 1.165) is 61.5 Å². The van der Waals surface area contributed by atoms with E-state index in [2.05, 4.69) is 20.3 Å². The molecule has 0 aromatic carbocycles. The number of likely N-dealkylation sites (tertiary alicyclic amines) is 1. The molecule has 0 saturated carbocycles. The molecule has 1 atom stereocenters. The van der Waals surface area contributed by atoms with Crippen molar-refractivity contribution in [1.29, 1.82) is 0 Å². The number of fused-ring (bicyclic) bond motifs is 1. The molecule has 2 amide bonds. The topological polar surface area (TPSA) is 92.1 Å². The smallest absolute Gasteiger partial charge is 0.224 e. The Balaban J connectivity index is 1.19. The van der Waals surface area contributed by atoms with Crippen molar-refractivity contribution in [2.45, 2.75) is 32.6 Å². The number of nitrogens with one attached hydrogen (secondary N) is 1. The van der Waals surface area contributed by atoms with E-state index in [-0.39, 0.29) is 17.7 Å². The quantitative estimate of drug-likeness (QED) is 0.658. The maximum atomic E-state index is 12.6. The second-order valence-electron chi connectivity index (χ2n) is 8.00. The van der Waals surface area contributed by atoms with Crippen LogP contribution in [-0.4, -0.2) is 88.7 Å². The number of ether oxygens (including phenoxy) is 1. The van der Waals surface area contributed by atoms with Crippen LogP contribution in [0, 0.1) is 12.8 Å². The third-order valence-corrected chi connectivity index (χ3v) is 6.59. The van der Waals surface area contributed by atoms with Gasteiger partial charge in [0.2, 0.25) is 16.8 Å². The molecule has 0 spiro atoms. The summed E-state index contributed by atoms with van der Waals surface area (Å²) in [6.07, 6.45) is 4.62. The molecule has 1 unspecified atom stereocenters. The number of morpholine rings is 1. The molecule has 9 nitrogen and oxygen atoms in total. The van der Waals surface area contributed by atoms with Crippen molar-refractivity contribution in [3.63, 3.8) is 0 Å². The molecule has 30 heavy (non-hydrogen) atoms. The number of amides is 2. The van der Waals surface area contributed by atoms with Crippen molar-refractivity contribution in [3.05, 3.63) is 16.9 Å². The Morgan fingerprint density at radius 3 is 2.97 bits per heavy atom. The average molecular weight is 435 g/mol. The monoisotopic (exact) mass is 434 g/mol. The van der Waals surface area contributed by atoms with Crippen LogP contribution in [0.4, 0.5) is 0 Å². The number of carbonyl (C=O) groups is 2. The van der Waals surface area contributed by atoms with Crippen molar-refractivity contribution < 1.29 is 14.3 Å². The Morgan fingerprint density at radius 2 is 2.17 bits per heavy atom. The molecule has 4 heterocycles. The maximum Gasteiger partial charge on any atom is 0.224 e. The Hall–Kier alpha value is -2.04. The van der Waals surface area contributed by atoms with Crippen LogP contribution in [-0.2, 0) is 20.7 Å². The summed E-state index contributed by atoms with van der Waals surface area (Å²) in [5, 5.41) is 8.37. The molecule has 10 heteroatoms. The maximum absolute atomic E-state index is 12.6. The van der Waals surface area contributed by atoms with Gasteiger partial charge in [0.25, 0.3) is 0 Å². The molecule has 164 valence electrons. The minimum absolute atomic E-state index is 0.0377. The van der Waals surface area contributed by atoms with Crippen LogP contribution in [0.5, 0.6) is 0 Å². The summed E-state index contributed by atoms with van der Waals surface area (Å²) in [4.78, 5) is 34.6. The predicted octanol–water partition coefficient (Wildman–Crippen LogP) is 0.719. The van der Waals surface area contributed by atoms with Gasteiger partial charge in [0.1, 0.15) is 5.01 Å². The van der Waals surface area contributed by atoms with Gasteiger partial charge in [-0.1, -0.05) is 11.3 Å². The lowest BCUT2D eigenvalue weighted by atomic mass is 9.96. The third kappa shape index (κ3) is 5.35. The highest BCUT2D eigenvalue weighted by molar-refractivity contribution is 7.16. The predicted molar refractivity (Wildman–Crippen MR) is 113 cm³/mol. The van der Waals surface area contributed by atoms with Crippen LogP contribution < -0.4 is 5.32 Å². The number of aryl methyl sites for hydroxylation is 1. The van der Waals surface area contributed by atoms with Crippen LogP contribution in [0.3, 0.4) is 0 Å². The van der Waals surface area contributed by atoms with Crippen molar-refractivity contribution in [2.24, 2.45) is 5.92 Å². The van der Waals surface area contributed by atoms with E-state index in [1.165, 1.54) is 0 Å². The van der Waals surface area contributed by atoms with Crippen LogP contribution >= 0.6 is 11.3 Å². The molecule has 0 aliphatic carbocycles. The number of hydrogen-bond acceptors (Lipinski definition) is 7. The molecule has 2 aliphatic rings. The number of carbonyl (C=O) groups excluding carboxylic acids is 2. The summed E-state index contributed by atoms with van der Waals surface area (Å²) in [7, 11) is 0. The number of hydrogen-bond donors (Lipinski definition) is 1. The Morgan fingerprint density at radius 1 is 1.33 bits per heavy atom. The van der Waals surface area contributed by atoms with Gasteiger partial charge >= 0.3 is 0 Å². The summed E-state index contributed by atoms with van der Waals surface area (Å²) in [6, 6.07) is 0. The van der Waals surface area contributed by atoms with E-state index in [4.69, 9.17) is 4.74 Å². The van der Waals surface area contributed by atoms with Crippen molar-refractivity contribution >= 4 is 28.1 Å². The number of rotatable bonds is 8. The first-order chi connectivity index (χ1) is 14.6. The molecular formula is C20H30N6O3S. The number of imidazole rings is 1. The standard InChI is InChI=1S/C20H30N6O3S/c1-15-23-26-14-17(22-20(26)30-15)5-6-21-19(28)16-3-4-18(27)25(13-16)8-2-7-24-9-11-29-12-10-24/h14,16H,2-13H2,1H3,(H,21,28). The van der Waals surface area contributed by atoms with Gasteiger partial charge in [-0.3, -0.25) is 14.5 Å². The second-order valence-corrected chi connectivity index (χ2v) is 9.16. The lowest BCUT2D eigenvalue weighted by molar-refractivity contribution is -0.138. The summed E-state index contributed by atoms with van der Waals surface area (Å²) in [5.74, 6) is 0.0819. The molecule has 2 aromatic rings. The van der Waals surface area contributed by atoms with E-state index in [1.807, 2.05) is 18.0 Å². The van der Waals surface area contributed by atoms with Gasteiger partial charge < -0.3 is 15.0 Å². The fraction of sp³-hybridized carbons (Fsp3) is 0.700. The van der Waals surface area contributed by atoms with Crippen LogP contribution in [0.2, 0.25) is 0 Å². The van der Waals surface area contributed by atoms with Crippen molar-refractivity contribution in [2.75, 3.05) is 52.5 Å². The fourth-order valence-electron chi connectivity index (χ4n) is 4.08. The van der Waals surface area contributed by atoms with E-state index in [0.29, 0.717) is 32.4 Å². The van der Waals surface area contributed by atoms with Crippen molar-refractivity contribution in [1.82, 2.24) is 29.7 Å². The second kappa shape index (κ2) is 9.84. The van der Waals surface area contributed by atoms with Crippen molar-refractivity contribution in [3.8, 4) is 0 Å². The third-order valence-electron chi connectivity index (χ3n) is 5.75. The lowest BCUT2D eigenvalue weighted by Crippen LogP contribution is -2.47. The average Bonchev–Trinajstić information content (AvgIpc) is 3.27. The molecule has 2 fully saturated rings. The van der Waals surface area contributed by atoms with Crippen LogP contribution in [0.1, 0.15) is 30.0 Å². The van der Waals surface area contributed by atoms with E-state index in [9.17, 15) is 9.59 Å². The van der Waals surface area contributed by atoms with E-state index >= 15 is 0 Å². The first-order valence-corrected chi connectivity index (χ1v) is 11.6. The highest BCUT2D eigenvalue weighted by Crippen LogP contribution is 2.18. The summed E-state index contributed by atoms with van der Waals surface area (Å²) in [6.45, 7) is 8.22. The van der Waals surface area contributed by atoms with Gasteiger partial charge in [-0.25, -0.2) is 9.50 Å². The molecule has 4 rings (SSSR count). The van der Waals surface area contributed by atoms with Crippen LogP contribution in [0.25, 0.3) is 4.96 Å². The minimum Gasteiger partial charge on any atom is -0.379 e. The molecular weight excluding hydrogens is 404 g/mol. The minimum atomic E-state index is -0.124. The number of aromatic nitrogens is 3. The summed E-state index contributed by atoms with van der Waals surface area (Å²) < 4.78 is 7.16. The van der Waals surface area contributed by atoms with Gasteiger partial charge in [0, 0.05) is 52.1 Å². The van der Waals surface area contributed by atoms with Gasteiger partial charge in [-0.15, -0.1) is 0 Å². The number of piperidine rings is 1. The Labute approximate surface area is 180 Å². The highest BCUT2D eigenvalue weighted by Gasteiger charge is 2.29. The number of nitrogens with zero attached hydrogens (tertiary/aromatic N) is 5. The summed E-state index contributed by atoms with van der Waals surface area (Å²) in [5.41, 5.74) is 0.928. The zero-order chi connectivity index (χ0) is 20.9. The molecule has 0 radical (unpaired) electrons. The lowest BCUT2D eigenvalue weighted by Gasteiger charge is -2.33. The van der Waals surface area contributed by atoms with E-state index < -0.39 is 0 Å². The molecule has 2 saturated heterocycles. The first kappa shape index (κ1) is 21.2. The largest absolute Gasteiger partial charge is 0.379 e. The normalized spacial score (nSPS) is 20.8. The zero-order valence-electron chi connectivity index (χ0n) is 17.5. The van der Waals surface area contributed by atoms with E-state index in [1.54, 1.807) is 15.9 Å². The Kier molecular flexibility index (Phi) is 6.96. The van der Waals surface area contributed by atoms with Gasteiger partial charge in [-0.05, 0) is 19.8 Å². The van der Waals surface area contributed by atoms with Gasteiger partial charge in [0.05, 0.1) is 31.0 Å². The SMILES string of the molecule is Cc1nn2cc(CCNC(=O)C3CCC(=O)N(CCCN4CCOCC4)C3)nc2s1. The van der Waals surface area contributed by atoms with Crippen LogP contribution in [0.15, 0.2) is 6.20 Å². The molecule has 2 aliphatic heterocycles. The fourth-order valence-corrected chi connectivity index (χ4v) is 4.82. The molecule has 1 N–H and O–H groups in total. The van der Waals surface area contributed by atoms with Gasteiger partial charge in [0.15, 0.2) is 0 Å². The summed E-state index contributed by atoms with van der Waals surface area (Å²) >= 11 is 1.56. The Bertz CT molecular complexity index is 844. The van der Waals surface area contributed by atoms with Gasteiger partial charge in [-0.2, -0.15) is 5.10 Å². The highest BCUT2D eigenvalue weighted by atomic mass is 32.1. The first-order valence-electron chi connectivity index (χ1n) is 10.8.